The molecule has 1 N–H and O–H groups in total. The van der Waals surface area contributed by atoms with Crippen LogP contribution >= 0.6 is 11.6 Å². The summed E-state index contributed by atoms with van der Waals surface area (Å²) < 4.78 is 30.0. The molecule has 23 heavy (non-hydrogen) atoms. The number of nitrogens with one attached hydrogen (secondary N) is 1. The topological polar surface area (TPSA) is 85.6 Å². The summed E-state index contributed by atoms with van der Waals surface area (Å²) in [6.07, 6.45) is 2.78. The van der Waals surface area contributed by atoms with Crippen LogP contribution in [0.15, 0.2) is 41.4 Å². The molecule has 0 spiro atoms. The first-order chi connectivity index (χ1) is 10.9. The third-order valence-corrected chi connectivity index (χ3v) is 4.48. The van der Waals surface area contributed by atoms with Crippen molar-refractivity contribution in [2.45, 2.75) is 4.90 Å². The average molecular weight is 353 g/mol. The summed E-state index contributed by atoms with van der Waals surface area (Å²) in [6.45, 7) is 0. The molecule has 0 saturated heterocycles. The minimum absolute atomic E-state index is 0.176. The standard InChI is InChI=1S/C14H13ClN4O3S/c1-22-12-7-10(23(2,20)21)4-5-11(12)16-14-17-13-6-3-9(15)8-19(13)18-14/h3-8H,1-2H3,(H,16,18). The van der Waals surface area contributed by atoms with E-state index in [1.807, 2.05) is 0 Å². The lowest BCUT2D eigenvalue weighted by Crippen LogP contribution is -2.01. The zero-order valence-electron chi connectivity index (χ0n) is 12.3. The van der Waals surface area contributed by atoms with Crippen molar-refractivity contribution in [1.29, 1.82) is 0 Å². The van der Waals surface area contributed by atoms with E-state index in [1.54, 1.807) is 28.9 Å². The van der Waals surface area contributed by atoms with Crippen molar-refractivity contribution in [1.82, 2.24) is 14.6 Å². The number of hydrogen-bond acceptors (Lipinski definition) is 6. The van der Waals surface area contributed by atoms with Crippen LogP contribution in [0.2, 0.25) is 5.02 Å². The van der Waals surface area contributed by atoms with Crippen LogP contribution in [0.4, 0.5) is 11.6 Å². The molecule has 3 aromatic rings. The zero-order valence-corrected chi connectivity index (χ0v) is 13.9. The molecule has 0 fully saturated rings. The normalized spacial score (nSPS) is 11.6. The van der Waals surface area contributed by atoms with E-state index in [4.69, 9.17) is 16.3 Å². The summed E-state index contributed by atoms with van der Waals surface area (Å²) in [7, 11) is -1.85. The van der Waals surface area contributed by atoms with E-state index in [1.165, 1.54) is 19.2 Å². The highest BCUT2D eigenvalue weighted by atomic mass is 35.5. The van der Waals surface area contributed by atoms with Gasteiger partial charge in [-0.2, -0.15) is 4.98 Å². The molecule has 0 radical (unpaired) electrons. The summed E-state index contributed by atoms with van der Waals surface area (Å²) in [5, 5.41) is 7.80. The number of hydrogen-bond donors (Lipinski definition) is 1. The van der Waals surface area contributed by atoms with Gasteiger partial charge in [-0.1, -0.05) is 11.6 Å². The predicted octanol–water partition coefficient (Wildman–Crippen LogP) is 2.54. The largest absolute Gasteiger partial charge is 0.495 e. The Balaban J connectivity index is 1.97. The molecule has 120 valence electrons. The van der Waals surface area contributed by atoms with Gasteiger partial charge in [0, 0.05) is 18.5 Å². The molecule has 9 heteroatoms. The molecule has 0 amide bonds. The van der Waals surface area contributed by atoms with E-state index in [9.17, 15) is 8.42 Å². The maximum absolute atomic E-state index is 11.6. The number of halogens is 1. The van der Waals surface area contributed by atoms with Crippen LogP contribution < -0.4 is 10.1 Å². The fourth-order valence-corrected chi connectivity index (χ4v) is 2.83. The Kier molecular flexibility index (Phi) is 3.87. The number of ether oxygens (including phenoxy) is 1. The first kappa shape index (κ1) is 15.6. The minimum atomic E-state index is -3.31. The van der Waals surface area contributed by atoms with Gasteiger partial charge in [-0.05, 0) is 24.3 Å². The van der Waals surface area contributed by atoms with E-state index >= 15 is 0 Å². The molecule has 0 aliphatic carbocycles. The van der Waals surface area contributed by atoms with E-state index < -0.39 is 9.84 Å². The molecule has 0 atom stereocenters. The SMILES string of the molecule is COc1cc(S(C)(=O)=O)ccc1Nc1nc2ccc(Cl)cn2n1. The summed E-state index contributed by atoms with van der Waals surface area (Å²) in [6, 6.07) is 8.01. The van der Waals surface area contributed by atoms with E-state index in [0.717, 1.165) is 6.26 Å². The molecule has 0 saturated carbocycles. The molecule has 1 aromatic carbocycles. The van der Waals surface area contributed by atoms with Gasteiger partial charge in [0.25, 0.3) is 0 Å². The molecular weight excluding hydrogens is 340 g/mol. The Morgan fingerprint density at radius 1 is 1.26 bits per heavy atom. The fourth-order valence-electron chi connectivity index (χ4n) is 2.04. The van der Waals surface area contributed by atoms with Gasteiger partial charge >= 0.3 is 0 Å². The fraction of sp³-hybridized carbons (Fsp3) is 0.143. The number of benzene rings is 1. The smallest absolute Gasteiger partial charge is 0.247 e. The molecule has 3 rings (SSSR count). The van der Waals surface area contributed by atoms with Gasteiger partial charge in [-0.3, -0.25) is 0 Å². The molecule has 0 aliphatic rings. The lowest BCUT2D eigenvalue weighted by Gasteiger charge is -2.10. The lowest BCUT2D eigenvalue weighted by atomic mass is 10.3. The van der Waals surface area contributed by atoms with Crippen molar-refractivity contribution in [2.75, 3.05) is 18.7 Å². The Morgan fingerprint density at radius 3 is 2.74 bits per heavy atom. The van der Waals surface area contributed by atoms with Gasteiger partial charge in [0.05, 0.1) is 22.7 Å². The summed E-state index contributed by atoms with van der Waals surface area (Å²) in [4.78, 5) is 4.48. The van der Waals surface area contributed by atoms with Crippen molar-refractivity contribution >= 4 is 38.7 Å². The molecule has 0 bridgehead atoms. The molecular formula is C14H13ClN4O3S. The molecule has 0 unspecified atom stereocenters. The van der Waals surface area contributed by atoms with Gasteiger partial charge in [0.2, 0.25) is 5.95 Å². The summed E-state index contributed by atoms with van der Waals surface area (Å²) in [5.41, 5.74) is 1.19. The zero-order chi connectivity index (χ0) is 16.6. The number of anilines is 2. The number of rotatable bonds is 4. The highest BCUT2D eigenvalue weighted by Gasteiger charge is 2.13. The number of pyridine rings is 1. The Hall–Kier alpha value is -2.32. The van der Waals surface area contributed by atoms with Crippen molar-refractivity contribution in [3.63, 3.8) is 0 Å². The van der Waals surface area contributed by atoms with Crippen molar-refractivity contribution in [3.8, 4) is 5.75 Å². The van der Waals surface area contributed by atoms with Gasteiger partial charge in [-0.25, -0.2) is 12.9 Å². The maximum Gasteiger partial charge on any atom is 0.247 e. The highest BCUT2D eigenvalue weighted by molar-refractivity contribution is 7.90. The van der Waals surface area contributed by atoms with Gasteiger partial charge in [0.1, 0.15) is 5.75 Å². The van der Waals surface area contributed by atoms with Crippen LogP contribution in [0.1, 0.15) is 0 Å². The van der Waals surface area contributed by atoms with E-state index in [2.05, 4.69) is 15.4 Å². The van der Waals surface area contributed by atoms with Crippen LogP contribution in [0.5, 0.6) is 5.75 Å². The van der Waals surface area contributed by atoms with E-state index in [-0.39, 0.29) is 4.90 Å². The summed E-state index contributed by atoms with van der Waals surface area (Å²) >= 11 is 5.91. The quantitative estimate of drug-likeness (QED) is 0.776. The Morgan fingerprint density at radius 2 is 2.04 bits per heavy atom. The van der Waals surface area contributed by atoms with E-state index in [0.29, 0.717) is 28.1 Å². The van der Waals surface area contributed by atoms with Crippen LogP contribution in [-0.4, -0.2) is 36.4 Å². The summed E-state index contributed by atoms with van der Waals surface area (Å²) in [5.74, 6) is 0.725. The second kappa shape index (κ2) is 5.71. The number of methoxy groups -OCH3 is 1. The van der Waals surface area contributed by atoms with Crippen LogP contribution in [0.25, 0.3) is 5.65 Å². The van der Waals surface area contributed by atoms with Crippen LogP contribution in [-0.2, 0) is 9.84 Å². The first-order valence-electron chi connectivity index (χ1n) is 6.54. The number of aromatic nitrogens is 3. The molecule has 2 heterocycles. The van der Waals surface area contributed by atoms with Crippen molar-refractivity contribution in [3.05, 3.63) is 41.6 Å². The monoisotopic (exact) mass is 352 g/mol. The third-order valence-electron chi connectivity index (χ3n) is 3.14. The third kappa shape index (κ3) is 3.22. The highest BCUT2D eigenvalue weighted by Crippen LogP contribution is 2.29. The predicted molar refractivity (Wildman–Crippen MR) is 87.4 cm³/mol. The van der Waals surface area contributed by atoms with Crippen molar-refractivity contribution in [2.24, 2.45) is 0 Å². The minimum Gasteiger partial charge on any atom is -0.495 e. The molecule has 0 aliphatic heterocycles. The molecule has 2 aromatic heterocycles. The Bertz CT molecular complexity index is 985. The second-order valence-corrected chi connectivity index (χ2v) is 7.30. The van der Waals surface area contributed by atoms with Gasteiger partial charge in [-0.15, -0.1) is 5.10 Å². The van der Waals surface area contributed by atoms with Crippen LogP contribution in [0, 0.1) is 0 Å². The first-order valence-corrected chi connectivity index (χ1v) is 8.81. The van der Waals surface area contributed by atoms with Gasteiger partial charge < -0.3 is 10.1 Å². The lowest BCUT2D eigenvalue weighted by molar-refractivity contribution is 0.415. The number of sulfone groups is 1. The van der Waals surface area contributed by atoms with Gasteiger partial charge in [0.15, 0.2) is 15.5 Å². The number of nitrogens with zero attached hydrogens (tertiary/aromatic N) is 3. The maximum atomic E-state index is 11.6. The Labute approximate surface area is 137 Å². The van der Waals surface area contributed by atoms with Crippen molar-refractivity contribution < 1.29 is 13.2 Å². The molecule has 7 nitrogen and oxygen atoms in total. The second-order valence-electron chi connectivity index (χ2n) is 4.84. The average Bonchev–Trinajstić information content (AvgIpc) is 2.87. The number of fused-ring (bicyclic) bond motifs is 1. The van der Waals surface area contributed by atoms with Crippen LogP contribution in [0.3, 0.4) is 0 Å².